The summed E-state index contributed by atoms with van der Waals surface area (Å²) >= 11 is 0. The second-order valence-electron chi connectivity index (χ2n) is 9.44. The highest BCUT2D eigenvalue weighted by Crippen LogP contribution is 2.44. The zero-order valence-corrected chi connectivity index (χ0v) is 20.5. The molecule has 0 amide bonds. The van der Waals surface area contributed by atoms with Crippen LogP contribution in [0, 0.1) is 13.8 Å². The van der Waals surface area contributed by atoms with E-state index in [9.17, 15) is 4.79 Å². The number of fused-ring (bicyclic) bond motifs is 5. The van der Waals surface area contributed by atoms with Crippen molar-refractivity contribution in [1.82, 2.24) is 0 Å². The van der Waals surface area contributed by atoms with Crippen molar-refractivity contribution in [3.05, 3.63) is 124 Å². The zero-order valence-electron chi connectivity index (χ0n) is 20.5. The van der Waals surface area contributed by atoms with Crippen LogP contribution in [-0.4, -0.2) is 0 Å². The average Bonchev–Trinajstić information content (AvgIpc) is 3.28. The highest BCUT2D eigenvalue weighted by molar-refractivity contribution is 6.13. The summed E-state index contributed by atoms with van der Waals surface area (Å²) in [6.07, 6.45) is 0. The van der Waals surface area contributed by atoms with E-state index in [4.69, 9.17) is 8.83 Å². The first-order chi connectivity index (χ1) is 18.1. The molecule has 2 heterocycles. The molecule has 0 fully saturated rings. The van der Waals surface area contributed by atoms with Crippen LogP contribution in [0.15, 0.2) is 117 Å². The normalized spacial score (nSPS) is 11.6. The van der Waals surface area contributed by atoms with Gasteiger partial charge in [0.1, 0.15) is 16.7 Å². The fourth-order valence-electron chi connectivity index (χ4n) is 5.27. The summed E-state index contributed by atoms with van der Waals surface area (Å²) in [5.74, 6) is 0. The molecule has 0 saturated carbocycles. The van der Waals surface area contributed by atoms with E-state index in [2.05, 4.69) is 85.5 Å². The third-order valence-corrected chi connectivity index (χ3v) is 7.13. The number of para-hydroxylation sites is 4. The minimum absolute atomic E-state index is 0.0547. The largest absolute Gasteiger partial charge is 0.456 e. The summed E-state index contributed by atoms with van der Waals surface area (Å²) in [6.45, 7) is 4.24. The monoisotopic (exact) mass is 481 g/mol. The van der Waals surface area contributed by atoms with E-state index in [1.165, 1.54) is 0 Å². The van der Waals surface area contributed by atoms with E-state index >= 15 is 0 Å². The molecule has 2 aromatic heterocycles. The van der Waals surface area contributed by atoms with E-state index in [1.54, 1.807) is 6.07 Å². The first-order valence-corrected chi connectivity index (χ1v) is 12.3. The summed E-state index contributed by atoms with van der Waals surface area (Å²) in [5, 5.41) is 2.97. The van der Waals surface area contributed by atoms with Crippen molar-refractivity contribution in [3.8, 4) is 0 Å². The van der Waals surface area contributed by atoms with E-state index in [0.29, 0.717) is 27.5 Å². The maximum absolute atomic E-state index is 13.3. The van der Waals surface area contributed by atoms with Crippen LogP contribution < -0.4 is 10.3 Å². The molecular weight excluding hydrogens is 458 g/mol. The molecule has 0 bridgehead atoms. The Bertz CT molecular complexity index is 2000. The molecule has 0 aliphatic carbocycles. The molecule has 0 aliphatic rings. The Hall–Kier alpha value is -4.83. The Morgan fingerprint density at radius 2 is 1.08 bits per heavy atom. The van der Waals surface area contributed by atoms with Gasteiger partial charge in [-0.2, -0.15) is 0 Å². The standard InChI is InChI=1S/C33H23NO3/c1-20-10-3-6-14-26(20)34(27-15-7-4-11-21(27)2)28-16-9-13-22-24-18-31-25(19-30(24)37-33(22)28)32(35)23-12-5-8-17-29(23)36-31/h3-19H,1-2H3. The van der Waals surface area contributed by atoms with E-state index < -0.39 is 0 Å². The lowest BCUT2D eigenvalue weighted by Gasteiger charge is -2.28. The second kappa shape index (κ2) is 8.10. The Balaban J connectivity index is 1.56. The highest BCUT2D eigenvalue weighted by atomic mass is 16.3. The Labute approximate surface area is 213 Å². The number of hydrogen-bond acceptors (Lipinski definition) is 4. The molecule has 0 saturated heterocycles. The van der Waals surface area contributed by atoms with Gasteiger partial charge in [-0.1, -0.05) is 60.7 Å². The summed E-state index contributed by atoms with van der Waals surface area (Å²) in [4.78, 5) is 15.5. The van der Waals surface area contributed by atoms with Gasteiger partial charge in [-0.05, 0) is 67.4 Å². The molecule has 7 rings (SSSR count). The van der Waals surface area contributed by atoms with Gasteiger partial charge in [0.2, 0.25) is 5.43 Å². The van der Waals surface area contributed by atoms with Crippen molar-refractivity contribution < 1.29 is 8.83 Å². The van der Waals surface area contributed by atoms with E-state index in [-0.39, 0.29) is 5.43 Å². The van der Waals surface area contributed by atoms with Crippen LogP contribution in [0.2, 0.25) is 0 Å². The van der Waals surface area contributed by atoms with Gasteiger partial charge in [-0.3, -0.25) is 4.79 Å². The summed E-state index contributed by atoms with van der Waals surface area (Å²) in [5.41, 5.74) is 7.92. The minimum Gasteiger partial charge on any atom is -0.456 e. The van der Waals surface area contributed by atoms with Crippen molar-refractivity contribution in [2.75, 3.05) is 4.90 Å². The third kappa shape index (κ3) is 3.26. The molecule has 5 aromatic carbocycles. The molecule has 0 atom stereocenters. The topological polar surface area (TPSA) is 46.6 Å². The Kier molecular flexibility index (Phi) is 4.70. The second-order valence-corrected chi connectivity index (χ2v) is 9.44. The molecule has 7 aromatic rings. The van der Waals surface area contributed by atoms with Crippen molar-refractivity contribution in [3.63, 3.8) is 0 Å². The smallest absolute Gasteiger partial charge is 0.200 e. The zero-order chi connectivity index (χ0) is 25.1. The number of hydrogen-bond donors (Lipinski definition) is 0. The number of aryl methyl sites for hydroxylation is 2. The van der Waals surface area contributed by atoms with Crippen LogP contribution in [0.1, 0.15) is 11.1 Å². The summed E-state index contributed by atoms with van der Waals surface area (Å²) in [7, 11) is 0. The van der Waals surface area contributed by atoms with Crippen molar-refractivity contribution in [1.29, 1.82) is 0 Å². The molecular formula is C33H23NO3. The van der Waals surface area contributed by atoms with Crippen molar-refractivity contribution >= 4 is 60.9 Å². The quantitative estimate of drug-likeness (QED) is 0.236. The van der Waals surface area contributed by atoms with Crippen molar-refractivity contribution in [2.24, 2.45) is 0 Å². The molecule has 178 valence electrons. The third-order valence-electron chi connectivity index (χ3n) is 7.13. The van der Waals surface area contributed by atoms with Crippen molar-refractivity contribution in [2.45, 2.75) is 13.8 Å². The first kappa shape index (κ1) is 21.5. The van der Waals surface area contributed by atoms with Crippen LogP contribution in [0.25, 0.3) is 43.9 Å². The summed E-state index contributed by atoms with van der Waals surface area (Å²) < 4.78 is 12.7. The molecule has 4 nitrogen and oxygen atoms in total. The lowest BCUT2D eigenvalue weighted by molar-refractivity contribution is 0.657. The number of nitrogens with zero attached hydrogens (tertiary/aromatic N) is 1. The Morgan fingerprint density at radius 3 is 1.81 bits per heavy atom. The van der Waals surface area contributed by atoms with Gasteiger partial charge in [-0.15, -0.1) is 0 Å². The maximum Gasteiger partial charge on any atom is 0.200 e. The summed E-state index contributed by atoms with van der Waals surface area (Å²) in [6, 6.07) is 34.0. The maximum atomic E-state index is 13.3. The lowest BCUT2D eigenvalue weighted by Crippen LogP contribution is -2.12. The molecule has 0 aliphatic heterocycles. The Morgan fingerprint density at radius 1 is 0.514 bits per heavy atom. The van der Waals surface area contributed by atoms with Gasteiger partial charge in [0.25, 0.3) is 0 Å². The molecule has 4 heteroatoms. The van der Waals surface area contributed by atoms with Crippen LogP contribution in [-0.2, 0) is 0 Å². The predicted octanol–water partition coefficient (Wildman–Crippen LogP) is 8.93. The van der Waals surface area contributed by atoms with E-state index in [1.807, 2.05) is 30.3 Å². The van der Waals surface area contributed by atoms with Crippen LogP contribution in [0.4, 0.5) is 17.1 Å². The molecule has 0 N–H and O–H groups in total. The molecule has 0 spiro atoms. The fraction of sp³-hybridized carbons (Fsp3) is 0.0606. The van der Waals surface area contributed by atoms with Gasteiger partial charge < -0.3 is 13.7 Å². The molecule has 0 radical (unpaired) electrons. The SMILES string of the molecule is Cc1ccccc1N(c1ccccc1C)c1cccc2c1oc1cc3c(=O)c4ccccc4oc3cc12. The number of benzene rings is 5. The lowest BCUT2D eigenvalue weighted by atomic mass is 10.1. The van der Waals surface area contributed by atoms with Crippen LogP contribution in [0.5, 0.6) is 0 Å². The highest BCUT2D eigenvalue weighted by Gasteiger charge is 2.22. The molecule has 0 unspecified atom stereocenters. The number of anilines is 3. The van der Waals surface area contributed by atoms with Gasteiger partial charge in [0.05, 0.1) is 16.5 Å². The van der Waals surface area contributed by atoms with Gasteiger partial charge in [0.15, 0.2) is 5.58 Å². The van der Waals surface area contributed by atoms with E-state index in [0.717, 1.165) is 44.5 Å². The number of rotatable bonds is 3. The molecule has 37 heavy (non-hydrogen) atoms. The minimum atomic E-state index is -0.0547. The van der Waals surface area contributed by atoms with Gasteiger partial charge in [0, 0.05) is 22.1 Å². The van der Waals surface area contributed by atoms with Gasteiger partial charge in [-0.25, -0.2) is 0 Å². The van der Waals surface area contributed by atoms with Crippen LogP contribution >= 0.6 is 0 Å². The first-order valence-electron chi connectivity index (χ1n) is 12.3. The number of furan rings is 1. The average molecular weight is 482 g/mol. The van der Waals surface area contributed by atoms with Gasteiger partial charge >= 0.3 is 0 Å². The predicted molar refractivity (Wildman–Crippen MR) is 151 cm³/mol. The fourth-order valence-corrected chi connectivity index (χ4v) is 5.27. The van der Waals surface area contributed by atoms with Crippen LogP contribution in [0.3, 0.4) is 0 Å².